The Bertz CT molecular complexity index is 997. The van der Waals surface area contributed by atoms with Gasteiger partial charge in [0.15, 0.2) is 0 Å². The van der Waals surface area contributed by atoms with Crippen molar-refractivity contribution in [3.05, 3.63) is 60.2 Å². The van der Waals surface area contributed by atoms with Crippen molar-refractivity contribution in [2.75, 3.05) is 37.6 Å². The Morgan fingerprint density at radius 2 is 1.59 bits per heavy atom. The summed E-state index contributed by atoms with van der Waals surface area (Å²) in [4.78, 5) is 15.5. The second-order valence-corrected chi connectivity index (χ2v) is 10.2. The van der Waals surface area contributed by atoms with Gasteiger partial charge >= 0.3 is 0 Å². The first-order valence-electron chi connectivity index (χ1n) is 11.3. The van der Waals surface area contributed by atoms with Gasteiger partial charge in [0, 0.05) is 36.4 Å². The molecule has 0 radical (unpaired) electrons. The van der Waals surface area contributed by atoms with Gasteiger partial charge in [0.2, 0.25) is 0 Å². The van der Waals surface area contributed by atoms with E-state index in [1.165, 1.54) is 31.4 Å². The minimum Gasteiger partial charge on any atom is -0.379 e. The average molecular weight is 458 g/mol. The highest BCUT2D eigenvalue weighted by Gasteiger charge is 2.38. The van der Waals surface area contributed by atoms with Crippen LogP contribution in [0.15, 0.2) is 59.5 Å². The van der Waals surface area contributed by atoms with Crippen molar-refractivity contribution in [2.45, 2.75) is 42.5 Å². The summed E-state index contributed by atoms with van der Waals surface area (Å²) in [5, 5.41) is 3.12. The number of nitrogens with one attached hydrogen (secondary N) is 2. The molecule has 2 aromatic carbocycles. The van der Waals surface area contributed by atoms with Gasteiger partial charge in [-0.25, -0.2) is 8.42 Å². The molecule has 0 aromatic heterocycles. The molecule has 2 aromatic rings. The van der Waals surface area contributed by atoms with Crippen LogP contribution in [0.5, 0.6) is 0 Å². The van der Waals surface area contributed by atoms with Gasteiger partial charge in [-0.15, -0.1) is 0 Å². The fourth-order valence-corrected chi connectivity index (χ4v) is 5.76. The molecule has 1 saturated heterocycles. The third-order valence-corrected chi connectivity index (χ3v) is 7.89. The number of benzene rings is 2. The summed E-state index contributed by atoms with van der Waals surface area (Å²) in [7, 11) is -3.71. The van der Waals surface area contributed by atoms with Crippen molar-refractivity contribution in [1.82, 2.24) is 10.2 Å². The number of morpholine rings is 1. The molecule has 1 aliphatic carbocycles. The van der Waals surface area contributed by atoms with Crippen LogP contribution in [0.1, 0.15) is 42.5 Å². The first kappa shape index (κ1) is 22.8. The van der Waals surface area contributed by atoms with Gasteiger partial charge in [-0.1, -0.05) is 37.5 Å². The molecule has 1 amide bonds. The number of anilines is 1. The third kappa shape index (κ3) is 5.31. The van der Waals surface area contributed by atoms with E-state index in [-0.39, 0.29) is 16.3 Å². The monoisotopic (exact) mass is 457 g/mol. The van der Waals surface area contributed by atoms with E-state index in [1.807, 2.05) is 6.07 Å². The van der Waals surface area contributed by atoms with E-state index >= 15 is 0 Å². The molecule has 0 unspecified atom stereocenters. The predicted molar refractivity (Wildman–Crippen MR) is 124 cm³/mol. The Morgan fingerprint density at radius 3 is 2.25 bits per heavy atom. The van der Waals surface area contributed by atoms with E-state index < -0.39 is 10.0 Å². The summed E-state index contributed by atoms with van der Waals surface area (Å²) in [5.74, 6) is -0.178. The molecule has 172 valence electrons. The molecule has 4 rings (SSSR count). The number of nitrogens with zero attached hydrogens (tertiary/aromatic N) is 1. The van der Waals surface area contributed by atoms with Gasteiger partial charge in [-0.2, -0.15) is 0 Å². The minimum absolute atomic E-state index is 0.0133. The number of carbonyl (C=O) groups excluding carboxylic acids is 1. The van der Waals surface area contributed by atoms with Crippen molar-refractivity contribution in [1.29, 1.82) is 0 Å². The highest BCUT2D eigenvalue weighted by atomic mass is 32.2. The van der Waals surface area contributed by atoms with Gasteiger partial charge in [0.05, 0.1) is 18.1 Å². The number of para-hydroxylation sites is 1. The zero-order valence-corrected chi connectivity index (χ0v) is 19.1. The number of amides is 1. The fraction of sp³-hybridized carbons (Fsp3) is 0.458. The summed E-state index contributed by atoms with van der Waals surface area (Å²) in [5.41, 5.74) is 0.937. The summed E-state index contributed by atoms with van der Waals surface area (Å²) in [6, 6.07) is 14.8. The van der Waals surface area contributed by atoms with E-state index in [0.717, 1.165) is 39.1 Å². The molecular weight excluding hydrogens is 426 g/mol. The van der Waals surface area contributed by atoms with Crippen molar-refractivity contribution < 1.29 is 17.9 Å². The van der Waals surface area contributed by atoms with E-state index in [9.17, 15) is 13.2 Å². The largest absolute Gasteiger partial charge is 0.379 e. The minimum atomic E-state index is -3.71. The van der Waals surface area contributed by atoms with Crippen LogP contribution in [0.4, 0.5) is 5.69 Å². The molecule has 0 atom stereocenters. The maximum Gasteiger partial charge on any atom is 0.261 e. The van der Waals surface area contributed by atoms with Crippen LogP contribution in [0.25, 0.3) is 0 Å². The summed E-state index contributed by atoms with van der Waals surface area (Å²) < 4.78 is 33.3. The standard InChI is InChI=1S/C24H31N3O4S/c28-23(25-19-24(13-5-2-6-14-24)27-15-17-31-18-16-27)20-9-11-22(12-10-20)32(29,30)26-21-7-3-1-4-8-21/h1,3-4,7-12,26H,2,5-6,13-19H2,(H,25,28). The van der Waals surface area contributed by atoms with Gasteiger partial charge in [0.1, 0.15) is 0 Å². The molecule has 7 nitrogen and oxygen atoms in total. The predicted octanol–water partition coefficient (Wildman–Crippen LogP) is 3.25. The van der Waals surface area contributed by atoms with Gasteiger partial charge < -0.3 is 10.1 Å². The van der Waals surface area contributed by atoms with E-state index in [4.69, 9.17) is 4.74 Å². The highest BCUT2D eigenvalue weighted by Crippen LogP contribution is 2.34. The molecule has 2 fully saturated rings. The van der Waals surface area contributed by atoms with Crippen LogP contribution >= 0.6 is 0 Å². The maximum absolute atomic E-state index is 12.8. The SMILES string of the molecule is O=C(NCC1(N2CCOCC2)CCCCC1)c1ccc(S(=O)(=O)Nc2ccccc2)cc1. The van der Waals surface area contributed by atoms with Gasteiger partial charge in [-0.3, -0.25) is 14.4 Å². The molecule has 2 aliphatic rings. The Morgan fingerprint density at radius 1 is 0.938 bits per heavy atom. The van der Waals surface area contributed by atoms with E-state index in [0.29, 0.717) is 17.8 Å². The Balaban J connectivity index is 1.41. The first-order chi connectivity index (χ1) is 15.5. The molecule has 1 heterocycles. The number of ether oxygens (including phenoxy) is 1. The van der Waals surface area contributed by atoms with E-state index in [2.05, 4.69) is 14.9 Å². The topological polar surface area (TPSA) is 87.7 Å². The quantitative estimate of drug-likeness (QED) is 0.666. The van der Waals surface area contributed by atoms with Crippen LogP contribution in [-0.4, -0.2) is 57.6 Å². The second-order valence-electron chi connectivity index (χ2n) is 8.56. The van der Waals surface area contributed by atoms with Gasteiger partial charge in [-0.05, 0) is 49.2 Å². The molecular formula is C24H31N3O4S. The van der Waals surface area contributed by atoms with Gasteiger partial charge in [0.25, 0.3) is 15.9 Å². The van der Waals surface area contributed by atoms with E-state index in [1.54, 1.807) is 36.4 Å². The highest BCUT2D eigenvalue weighted by molar-refractivity contribution is 7.92. The average Bonchev–Trinajstić information content (AvgIpc) is 2.84. The Kier molecular flexibility index (Phi) is 7.13. The lowest BCUT2D eigenvalue weighted by atomic mass is 9.79. The number of carbonyl (C=O) groups is 1. The van der Waals surface area contributed by atoms with Crippen LogP contribution in [0, 0.1) is 0 Å². The number of hydrogen-bond acceptors (Lipinski definition) is 5. The zero-order chi connectivity index (χ0) is 22.4. The summed E-state index contributed by atoms with van der Waals surface area (Å²) >= 11 is 0. The maximum atomic E-state index is 12.8. The van der Waals surface area contributed by atoms with Crippen molar-refractivity contribution in [3.8, 4) is 0 Å². The molecule has 0 bridgehead atoms. The van der Waals surface area contributed by atoms with Crippen LogP contribution in [0.2, 0.25) is 0 Å². The van der Waals surface area contributed by atoms with Crippen molar-refractivity contribution >= 4 is 21.6 Å². The van der Waals surface area contributed by atoms with Crippen LogP contribution in [0.3, 0.4) is 0 Å². The number of sulfonamides is 1. The summed E-state index contributed by atoms with van der Waals surface area (Å²) in [6.07, 6.45) is 5.75. The lowest BCUT2D eigenvalue weighted by Gasteiger charge is -2.48. The van der Waals surface area contributed by atoms with Crippen molar-refractivity contribution in [3.63, 3.8) is 0 Å². The molecule has 2 N–H and O–H groups in total. The normalized spacial score (nSPS) is 19.2. The lowest BCUT2D eigenvalue weighted by molar-refractivity contribution is -0.0361. The Hall–Kier alpha value is -2.42. The zero-order valence-electron chi connectivity index (χ0n) is 18.3. The van der Waals surface area contributed by atoms with Crippen molar-refractivity contribution in [2.24, 2.45) is 0 Å². The number of rotatable bonds is 7. The molecule has 8 heteroatoms. The Labute approximate surface area is 190 Å². The third-order valence-electron chi connectivity index (χ3n) is 6.50. The summed E-state index contributed by atoms with van der Waals surface area (Å²) in [6.45, 7) is 3.88. The fourth-order valence-electron chi connectivity index (χ4n) is 4.70. The number of hydrogen-bond donors (Lipinski definition) is 2. The molecule has 1 saturated carbocycles. The molecule has 0 spiro atoms. The first-order valence-corrected chi connectivity index (χ1v) is 12.8. The van der Waals surface area contributed by atoms with Crippen LogP contribution < -0.4 is 10.0 Å². The molecule has 32 heavy (non-hydrogen) atoms. The lowest BCUT2D eigenvalue weighted by Crippen LogP contribution is -2.59. The van der Waals surface area contributed by atoms with Crippen LogP contribution in [-0.2, 0) is 14.8 Å². The second kappa shape index (κ2) is 10.0. The molecule has 1 aliphatic heterocycles. The smallest absolute Gasteiger partial charge is 0.261 e.